The highest BCUT2D eigenvalue weighted by atomic mass is 15.2. The Morgan fingerprint density at radius 2 is 1.43 bits per heavy atom. The standard InChI is InChI=1S/C18H17N3/c1-3-7-15(8-4-1)13-14-19-18-12-11-17(20-21-18)16-9-5-2-6-10-16/h1-12H,13-14H2,(H,19,21). The van der Waals surface area contributed by atoms with Gasteiger partial charge < -0.3 is 5.32 Å². The van der Waals surface area contributed by atoms with Gasteiger partial charge in [-0.3, -0.25) is 0 Å². The summed E-state index contributed by atoms with van der Waals surface area (Å²) >= 11 is 0. The minimum Gasteiger partial charge on any atom is -0.368 e. The molecule has 0 amide bonds. The molecule has 3 nitrogen and oxygen atoms in total. The smallest absolute Gasteiger partial charge is 0.148 e. The number of hydrogen-bond acceptors (Lipinski definition) is 3. The molecular weight excluding hydrogens is 258 g/mol. The number of anilines is 1. The molecule has 0 saturated heterocycles. The van der Waals surface area contributed by atoms with Crippen LogP contribution < -0.4 is 5.32 Å². The van der Waals surface area contributed by atoms with E-state index in [2.05, 4.69) is 39.8 Å². The SMILES string of the molecule is c1ccc(CCNc2ccc(-c3ccccc3)nn2)cc1. The Hall–Kier alpha value is -2.68. The molecule has 0 aliphatic carbocycles. The third-order valence-corrected chi connectivity index (χ3v) is 3.30. The van der Waals surface area contributed by atoms with Crippen LogP contribution in [0.1, 0.15) is 5.56 Å². The van der Waals surface area contributed by atoms with Gasteiger partial charge in [-0.05, 0) is 24.1 Å². The Morgan fingerprint density at radius 3 is 2.10 bits per heavy atom. The van der Waals surface area contributed by atoms with E-state index in [9.17, 15) is 0 Å². The molecule has 0 bridgehead atoms. The van der Waals surface area contributed by atoms with Crippen LogP contribution >= 0.6 is 0 Å². The fraction of sp³-hybridized carbons (Fsp3) is 0.111. The first-order valence-corrected chi connectivity index (χ1v) is 7.09. The van der Waals surface area contributed by atoms with E-state index in [1.165, 1.54) is 5.56 Å². The average Bonchev–Trinajstić information content (AvgIpc) is 2.57. The van der Waals surface area contributed by atoms with Crippen molar-refractivity contribution in [2.75, 3.05) is 11.9 Å². The zero-order valence-corrected chi connectivity index (χ0v) is 11.7. The van der Waals surface area contributed by atoms with Crippen LogP contribution in [0.15, 0.2) is 72.8 Å². The number of hydrogen-bond donors (Lipinski definition) is 1. The Morgan fingerprint density at radius 1 is 0.714 bits per heavy atom. The van der Waals surface area contributed by atoms with Crippen LogP contribution in [-0.2, 0) is 6.42 Å². The summed E-state index contributed by atoms with van der Waals surface area (Å²) in [6.45, 7) is 0.851. The topological polar surface area (TPSA) is 37.8 Å². The molecular formula is C18H17N3. The van der Waals surface area contributed by atoms with Crippen LogP contribution in [0.25, 0.3) is 11.3 Å². The Balaban J connectivity index is 1.58. The van der Waals surface area contributed by atoms with E-state index in [1.807, 2.05) is 48.5 Å². The number of rotatable bonds is 5. The first-order valence-electron chi connectivity index (χ1n) is 7.09. The lowest BCUT2D eigenvalue weighted by Crippen LogP contribution is -2.06. The minimum absolute atomic E-state index is 0.811. The lowest BCUT2D eigenvalue weighted by atomic mass is 10.1. The maximum atomic E-state index is 4.26. The van der Waals surface area contributed by atoms with Crippen molar-refractivity contribution in [2.24, 2.45) is 0 Å². The number of benzene rings is 2. The predicted molar refractivity (Wildman–Crippen MR) is 86.1 cm³/mol. The van der Waals surface area contributed by atoms with E-state index in [-0.39, 0.29) is 0 Å². The maximum Gasteiger partial charge on any atom is 0.148 e. The summed E-state index contributed by atoms with van der Waals surface area (Å²) in [6, 6.07) is 24.4. The second-order valence-corrected chi connectivity index (χ2v) is 4.83. The van der Waals surface area contributed by atoms with Crippen molar-refractivity contribution in [2.45, 2.75) is 6.42 Å². The highest BCUT2D eigenvalue weighted by Crippen LogP contribution is 2.16. The summed E-state index contributed by atoms with van der Waals surface area (Å²) in [5.74, 6) is 0.811. The van der Waals surface area contributed by atoms with Gasteiger partial charge in [0.05, 0.1) is 5.69 Å². The molecule has 1 N–H and O–H groups in total. The number of nitrogens with zero attached hydrogens (tertiary/aromatic N) is 2. The molecule has 3 rings (SSSR count). The normalized spacial score (nSPS) is 10.3. The second-order valence-electron chi connectivity index (χ2n) is 4.83. The minimum atomic E-state index is 0.811. The summed E-state index contributed by atoms with van der Waals surface area (Å²) in [5.41, 5.74) is 3.30. The molecule has 0 unspecified atom stereocenters. The Labute approximate surface area is 124 Å². The van der Waals surface area contributed by atoms with Crippen molar-refractivity contribution in [3.63, 3.8) is 0 Å². The molecule has 0 saturated carbocycles. The van der Waals surface area contributed by atoms with Gasteiger partial charge in [-0.2, -0.15) is 0 Å². The molecule has 0 aliphatic rings. The van der Waals surface area contributed by atoms with Gasteiger partial charge in [-0.15, -0.1) is 10.2 Å². The van der Waals surface area contributed by atoms with Crippen LogP contribution in [0.2, 0.25) is 0 Å². The van der Waals surface area contributed by atoms with Crippen molar-refractivity contribution in [1.82, 2.24) is 10.2 Å². The third-order valence-electron chi connectivity index (χ3n) is 3.30. The molecule has 1 aromatic heterocycles. The predicted octanol–water partition coefficient (Wildman–Crippen LogP) is 3.80. The molecule has 0 aliphatic heterocycles. The van der Waals surface area contributed by atoms with Gasteiger partial charge in [-0.25, -0.2) is 0 Å². The number of aromatic nitrogens is 2. The van der Waals surface area contributed by atoms with E-state index < -0.39 is 0 Å². The fourth-order valence-electron chi connectivity index (χ4n) is 2.17. The lowest BCUT2D eigenvalue weighted by Gasteiger charge is -2.06. The van der Waals surface area contributed by atoms with E-state index in [1.54, 1.807) is 0 Å². The van der Waals surface area contributed by atoms with Gasteiger partial charge in [0.2, 0.25) is 0 Å². The molecule has 2 aromatic carbocycles. The first-order chi connectivity index (χ1) is 10.4. The van der Waals surface area contributed by atoms with Gasteiger partial charge in [0.15, 0.2) is 0 Å². The van der Waals surface area contributed by atoms with E-state index in [0.29, 0.717) is 0 Å². The van der Waals surface area contributed by atoms with Crippen LogP contribution in [0.5, 0.6) is 0 Å². The molecule has 0 spiro atoms. The van der Waals surface area contributed by atoms with E-state index in [0.717, 1.165) is 30.0 Å². The molecule has 3 aromatic rings. The maximum absolute atomic E-state index is 4.26. The molecule has 21 heavy (non-hydrogen) atoms. The molecule has 104 valence electrons. The largest absolute Gasteiger partial charge is 0.368 e. The van der Waals surface area contributed by atoms with Gasteiger partial charge in [0, 0.05) is 12.1 Å². The van der Waals surface area contributed by atoms with Gasteiger partial charge >= 0.3 is 0 Å². The highest BCUT2D eigenvalue weighted by Gasteiger charge is 2.00. The molecule has 0 fully saturated rings. The van der Waals surface area contributed by atoms with Crippen LogP contribution in [-0.4, -0.2) is 16.7 Å². The zero-order valence-electron chi connectivity index (χ0n) is 11.7. The number of nitrogens with one attached hydrogen (secondary N) is 1. The van der Waals surface area contributed by atoms with Crippen molar-refractivity contribution in [3.05, 3.63) is 78.4 Å². The molecule has 0 atom stereocenters. The summed E-state index contributed by atoms with van der Waals surface area (Å²) in [4.78, 5) is 0. The lowest BCUT2D eigenvalue weighted by molar-refractivity contribution is 0.970. The van der Waals surface area contributed by atoms with Gasteiger partial charge in [0.1, 0.15) is 5.82 Å². The molecule has 3 heteroatoms. The quantitative estimate of drug-likeness (QED) is 0.769. The highest BCUT2D eigenvalue weighted by molar-refractivity contribution is 5.59. The van der Waals surface area contributed by atoms with E-state index >= 15 is 0 Å². The first kappa shape index (κ1) is 13.3. The second kappa shape index (κ2) is 6.66. The van der Waals surface area contributed by atoms with Crippen molar-refractivity contribution >= 4 is 5.82 Å². The summed E-state index contributed by atoms with van der Waals surface area (Å²) < 4.78 is 0. The van der Waals surface area contributed by atoms with Crippen LogP contribution in [0, 0.1) is 0 Å². The van der Waals surface area contributed by atoms with Crippen molar-refractivity contribution < 1.29 is 0 Å². The summed E-state index contributed by atoms with van der Waals surface area (Å²) in [7, 11) is 0. The van der Waals surface area contributed by atoms with Crippen LogP contribution in [0.3, 0.4) is 0 Å². The zero-order chi connectivity index (χ0) is 14.3. The van der Waals surface area contributed by atoms with Crippen molar-refractivity contribution in [1.29, 1.82) is 0 Å². The molecule has 0 radical (unpaired) electrons. The third kappa shape index (κ3) is 3.66. The van der Waals surface area contributed by atoms with Gasteiger partial charge in [-0.1, -0.05) is 60.7 Å². The molecule has 1 heterocycles. The van der Waals surface area contributed by atoms with Gasteiger partial charge in [0.25, 0.3) is 0 Å². The Bertz CT molecular complexity index is 664. The summed E-state index contributed by atoms with van der Waals surface area (Å²) in [6.07, 6.45) is 0.975. The Kier molecular flexibility index (Phi) is 4.22. The van der Waals surface area contributed by atoms with E-state index in [4.69, 9.17) is 0 Å². The monoisotopic (exact) mass is 275 g/mol. The summed E-state index contributed by atoms with van der Waals surface area (Å²) in [5, 5.41) is 11.8. The fourth-order valence-corrected chi connectivity index (χ4v) is 2.17. The van der Waals surface area contributed by atoms with Crippen LogP contribution in [0.4, 0.5) is 5.82 Å². The van der Waals surface area contributed by atoms with Crippen molar-refractivity contribution in [3.8, 4) is 11.3 Å². The average molecular weight is 275 g/mol.